The van der Waals surface area contributed by atoms with Gasteiger partial charge in [0, 0.05) is 33.3 Å². The third kappa shape index (κ3) is 3.68. The van der Waals surface area contributed by atoms with E-state index in [-0.39, 0.29) is 23.1 Å². The predicted octanol–water partition coefficient (Wildman–Crippen LogP) is 5.10. The van der Waals surface area contributed by atoms with Gasteiger partial charge >= 0.3 is 0 Å². The molecule has 1 N–H and O–H groups in total. The highest BCUT2D eigenvalue weighted by molar-refractivity contribution is 6.32. The highest BCUT2D eigenvalue weighted by atomic mass is 35.5. The monoisotopic (exact) mass is 527 g/mol. The molecule has 0 radical (unpaired) electrons. The van der Waals surface area contributed by atoms with Gasteiger partial charge in [-0.05, 0) is 36.9 Å². The maximum atomic E-state index is 13.3. The van der Waals surface area contributed by atoms with Gasteiger partial charge in [0.2, 0.25) is 0 Å². The second-order valence-corrected chi connectivity index (χ2v) is 9.71. The van der Waals surface area contributed by atoms with Crippen LogP contribution in [0.4, 0.5) is 5.69 Å². The zero-order valence-electron chi connectivity index (χ0n) is 19.5. The van der Waals surface area contributed by atoms with Crippen LogP contribution in [-0.4, -0.2) is 42.5 Å². The third-order valence-corrected chi connectivity index (χ3v) is 7.70. The molecule has 10 heteroatoms. The summed E-state index contributed by atoms with van der Waals surface area (Å²) >= 11 is 12.9. The van der Waals surface area contributed by atoms with Crippen LogP contribution in [0.2, 0.25) is 10.0 Å². The van der Waals surface area contributed by atoms with Gasteiger partial charge in [-0.2, -0.15) is 0 Å². The number of benzene rings is 3. The number of hydrogen-bond donors (Lipinski definition) is 1. The zero-order chi connectivity index (χ0) is 25.6. The molecule has 5 rings (SSSR count). The number of halogens is 2. The molecule has 1 amide bonds. The molecule has 1 saturated heterocycles. The Morgan fingerprint density at radius 1 is 1.14 bits per heavy atom. The van der Waals surface area contributed by atoms with E-state index in [0.29, 0.717) is 33.3 Å². The van der Waals surface area contributed by atoms with Crippen LogP contribution in [0, 0.1) is 10.1 Å². The maximum absolute atomic E-state index is 13.3. The van der Waals surface area contributed by atoms with Gasteiger partial charge in [0.05, 0.1) is 18.1 Å². The highest BCUT2D eigenvalue weighted by Gasteiger charge is 2.68. The van der Waals surface area contributed by atoms with E-state index in [1.165, 1.54) is 7.11 Å². The Balaban J connectivity index is 1.54. The Bertz CT molecular complexity index is 1370. The number of amides is 1. The summed E-state index contributed by atoms with van der Waals surface area (Å²) in [5.41, 5.74) is 1.11. The number of methoxy groups -OCH3 is 1. The first-order chi connectivity index (χ1) is 17.3. The standard InChI is InChI=1S/C26H23Cl2N3O5/c1-30-13-17(24(31(33)34)26(30)18-8-4-6-10-21(18)29-25(26)32)16-11-20(28)23(22(12-16)35-2)36-14-15-7-3-5-9-19(15)27/h3-12,17,24H,13-14H2,1-2H3,(H,29,32)/t17-,24-,26+/m0/s1. The van der Waals surface area contributed by atoms with Crippen molar-refractivity contribution < 1.29 is 19.2 Å². The fourth-order valence-corrected chi connectivity index (χ4v) is 5.90. The van der Waals surface area contributed by atoms with Gasteiger partial charge < -0.3 is 14.8 Å². The van der Waals surface area contributed by atoms with Crippen LogP contribution in [0.5, 0.6) is 11.5 Å². The minimum absolute atomic E-state index is 0.166. The van der Waals surface area contributed by atoms with Crippen molar-refractivity contribution in [1.82, 2.24) is 4.90 Å². The Morgan fingerprint density at radius 2 is 1.86 bits per heavy atom. The lowest BCUT2D eigenvalue weighted by Crippen LogP contribution is -2.54. The number of rotatable bonds is 6. The molecule has 1 fully saturated rings. The Kier molecular flexibility index (Phi) is 6.28. The topological polar surface area (TPSA) is 93.9 Å². The summed E-state index contributed by atoms with van der Waals surface area (Å²) in [5.74, 6) is -0.392. The molecule has 2 heterocycles. The molecule has 0 bridgehead atoms. The minimum atomic E-state index is -1.44. The number of fused-ring (bicyclic) bond motifs is 2. The molecule has 3 atom stereocenters. The number of ether oxygens (including phenoxy) is 2. The number of likely N-dealkylation sites (N-methyl/N-ethyl adjacent to an activating group) is 1. The van der Waals surface area contributed by atoms with E-state index >= 15 is 0 Å². The molecule has 0 aromatic heterocycles. The van der Waals surface area contributed by atoms with Gasteiger partial charge in [-0.3, -0.25) is 19.8 Å². The average Bonchev–Trinajstić information content (AvgIpc) is 3.33. The SMILES string of the molecule is COc1cc([C@@H]2CN(C)[C@@]3(C(=O)Nc4ccccc43)[C@H]2[N+](=O)[O-])cc(Cl)c1OCc1ccccc1Cl. The molecule has 1 spiro atoms. The smallest absolute Gasteiger partial charge is 0.256 e. The van der Waals surface area contributed by atoms with E-state index in [2.05, 4.69) is 5.32 Å². The summed E-state index contributed by atoms with van der Waals surface area (Å²) in [7, 11) is 3.21. The molecule has 2 aliphatic rings. The van der Waals surface area contributed by atoms with E-state index in [1.54, 1.807) is 54.4 Å². The van der Waals surface area contributed by atoms with Gasteiger partial charge in [0.1, 0.15) is 6.61 Å². The first-order valence-electron chi connectivity index (χ1n) is 11.3. The fraction of sp³-hybridized carbons (Fsp3) is 0.269. The van der Waals surface area contributed by atoms with Crippen LogP contribution in [0.25, 0.3) is 0 Å². The quantitative estimate of drug-likeness (QED) is 0.354. The largest absolute Gasteiger partial charge is 0.493 e. The highest BCUT2D eigenvalue weighted by Crippen LogP contribution is 2.53. The van der Waals surface area contributed by atoms with E-state index in [0.717, 1.165) is 5.56 Å². The van der Waals surface area contributed by atoms with E-state index in [4.69, 9.17) is 32.7 Å². The maximum Gasteiger partial charge on any atom is 0.256 e. The van der Waals surface area contributed by atoms with Crippen molar-refractivity contribution in [3.8, 4) is 11.5 Å². The van der Waals surface area contributed by atoms with Gasteiger partial charge in [-0.1, -0.05) is 59.6 Å². The molecule has 3 aromatic carbocycles. The van der Waals surface area contributed by atoms with Gasteiger partial charge in [-0.25, -0.2) is 0 Å². The van der Waals surface area contributed by atoms with E-state index < -0.39 is 23.4 Å². The molecule has 3 aromatic rings. The summed E-state index contributed by atoms with van der Waals surface area (Å²) in [5, 5.41) is 16.2. The molecule has 186 valence electrons. The Morgan fingerprint density at radius 3 is 2.58 bits per heavy atom. The lowest BCUT2D eigenvalue weighted by molar-refractivity contribution is -0.534. The summed E-state index contributed by atoms with van der Waals surface area (Å²) in [6, 6.07) is 16.5. The van der Waals surface area contributed by atoms with Crippen LogP contribution in [0.15, 0.2) is 60.7 Å². The molecular weight excluding hydrogens is 505 g/mol. The summed E-state index contributed by atoms with van der Waals surface area (Å²) in [6.45, 7) is 0.436. The lowest BCUT2D eigenvalue weighted by Gasteiger charge is -2.30. The Hall–Kier alpha value is -3.33. The van der Waals surface area contributed by atoms with Crippen molar-refractivity contribution >= 4 is 34.8 Å². The summed E-state index contributed by atoms with van der Waals surface area (Å²) in [6.07, 6.45) is 0. The lowest BCUT2D eigenvalue weighted by atomic mass is 9.79. The van der Waals surface area contributed by atoms with Crippen molar-refractivity contribution in [3.05, 3.63) is 97.5 Å². The van der Waals surface area contributed by atoms with Crippen molar-refractivity contribution in [2.75, 3.05) is 26.0 Å². The van der Waals surface area contributed by atoms with Crippen LogP contribution in [0.3, 0.4) is 0 Å². The van der Waals surface area contributed by atoms with Crippen LogP contribution in [0.1, 0.15) is 22.6 Å². The first-order valence-corrected chi connectivity index (χ1v) is 12.0. The van der Waals surface area contributed by atoms with Crippen LogP contribution >= 0.6 is 23.2 Å². The first kappa shape index (κ1) is 24.4. The number of hydrogen-bond acceptors (Lipinski definition) is 6. The third-order valence-electron chi connectivity index (χ3n) is 7.05. The zero-order valence-corrected chi connectivity index (χ0v) is 21.0. The number of carbonyl (C=O) groups excluding carboxylic acids is 1. The van der Waals surface area contributed by atoms with Crippen molar-refractivity contribution in [2.45, 2.75) is 24.1 Å². The number of nitrogens with zero attached hydrogens (tertiary/aromatic N) is 2. The summed E-state index contributed by atoms with van der Waals surface area (Å²) < 4.78 is 11.5. The van der Waals surface area contributed by atoms with Crippen LogP contribution < -0.4 is 14.8 Å². The molecular formula is C26H23Cl2N3O5. The van der Waals surface area contributed by atoms with E-state index in [1.807, 2.05) is 18.2 Å². The predicted molar refractivity (Wildman–Crippen MR) is 137 cm³/mol. The van der Waals surface area contributed by atoms with Crippen molar-refractivity contribution in [1.29, 1.82) is 0 Å². The average molecular weight is 528 g/mol. The number of likely N-dealkylation sites (tertiary alicyclic amines) is 1. The molecule has 0 saturated carbocycles. The normalized spacial score (nSPS) is 22.9. The van der Waals surface area contributed by atoms with Gasteiger partial charge in [-0.15, -0.1) is 0 Å². The molecule has 36 heavy (non-hydrogen) atoms. The number of carbonyl (C=O) groups is 1. The second kappa shape index (κ2) is 9.28. The number of nitrogens with one attached hydrogen (secondary N) is 1. The second-order valence-electron chi connectivity index (χ2n) is 8.90. The van der Waals surface area contributed by atoms with Crippen LogP contribution in [-0.2, 0) is 16.9 Å². The number of anilines is 1. The van der Waals surface area contributed by atoms with E-state index in [9.17, 15) is 14.9 Å². The van der Waals surface area contributed by atoms with Crippen molar-refractivity contribution in [3.63, 3.8) is 0 Å². The molecule has 0 unspecified atom stereocenters. The van der Waals surface area contributed by atoms with Gasteiger partial charge in [0.25, 0.3) is 11.9 Å². The number of nitro groups is 1. The summed E-state index contributed by atoms with van der Waals surface area (Å²) in [4.78, 5) is 27.2. The van der Waals surface area contributed by atoms with Crippen molar-refractivity contribution in [2.24, 2.45) is 0 Å². The number of para-hydroxylation sites is 1. The minimum Gasteiger partial charge on any atom is -0.493 e. The fourth-order valence-electron chi connectivity index (χ4n) is 5.44. The van der Waals surface area contributed by atoms with Gasteiger partial charge in [0.15, 0.2) is 17.0 Å². The molecule has 2 aliphatic heterocycles. The molecule has 0 aliphatic carbocycles. The Labute approximate surface area is 217 Å². The molecule has 8 nitrogen and oxygen atoms in total.